The highest BCUT2D eigenvalue weighted by molar-refractivity contribution is 5.80. The first-order chi connectivity index (χ1) is 14.7. The summed E-state index contributed by atoms with van der Waals surface area (Å²) in [6.07, 6.45) is 6.59. The van der Waals surface area contributed by atoms with Gasteiger partial charge >= 0.3 is 0 Å². The van der Waals surface area contributed by atoms with Gasteiger partial charge in [0.25, 0.3) is 0 Å². The van der Waals surface area contributed by atoms with Crippen LogP contribution in [0.25, 0.3) is 0 Å². The van der Waals surface area contributed by atoms with Crippen molar-refractivity contribution >= 4 is 11.9 Å². The van der Waals surface area contributed by atoms with E-state index >= 15 is 0 Å². The van der Waals surface area contributed by atoms with Gasteiger partial charge in [-0.25, -0.2) is 4.99 Å². The van der Waals surface area contributed by atoms with Crippen LogP contribution in [0.5, 0.6) is 0 Å². The van der Waals surface area contributed by atoms with Crippen molar-refractivity contribution in [2.75, 3.05) is 32.7 Å². The SMILES string of the molecule is CCCCN1CCC(NC(=NCc2cccc(CN3CCCC3=O)c2)NCC)CC1. The Labute approximate surface area is 182 Å². The summed E-state index contributed by atoms with van der Waals surface area (Å²) >= 11 is 0. The fraction of sp³-hybridized carbons (Fsp3) is 0.667. The van der Waals surface area contributed by atoms with Crippen molar-refractivity contribution in [3.8, 4) is 0 Å². The maximum absolute atomic E-state index is 11.9. The molecule has 0 aromatic heterocycles. The normalized spacial score (nSPS) is 18.8. The number of amides is 1. The standard InChI is InChI=1S/C24H39N5O/c1-3-5-13-28-15-11-22(12-16-28)27-24(25-4-2)26-18-20-8-6-9-21(17-20)19-29-14-7-10-23(29)30/h6,8-9,17,22H,3-5,7,10-16,18-19H2,1-2H3,(H2,25,26,27). The summed E-state index contributed by atoms with van der Waals surface area (Å²) in [6.45, 7) is 11.1. The Morgan fingerprint density at radius 1 is 1.17 bits per heavy atom. The van der Waals surface area contributed by atoms with E-state index in [9.17, 15) is 4.79 Å². The fourth-order valence-electron chi connectivity index (χ4n) is 4.28. The van der Waals surface area contributed by atoms with Crippen LogP contribution >= 0.6 is 0 Å². The van der Waals surface area contributed by atoms with Gasteiger partial charge in [0.1, 0.15) is 0 Å². The van der Waals surface area contributed by atoms with Crippen molar-refractivity contribution in [3.05, 3.63) is 35.4 Å². The monoisotopic (exact) mass is 413 g/mol. The summed E-state index contributed by atoms with van der Waals surface area (Å²) < 4.78 is 0. The summed E-state index contributed by atoms with van der Waals surface area (Å²) in [7, 11) is 0. The Bertz CT molecular complexity index is 697. The molecule has 0 spiro atoms. The smallest absolute Gasteiger partial charge is 0.222 e. The topological polar surface area (TPSA) is 60.0 Å². The van der Waals surface area contributed by atoms with Gasteiger partial charge in [-0.1, -0.05) is 37.6 Å². The second kappa shape index (κ2) is 11.9. The van der Waals surface area contributed by atoms with Gasteiger partial charge in [-0.3, -0.25) is 4.79 Å². The molecule has 0 unspecified atom stereocenters. The van der Waals surface area contributed by atoms with Crippen LogP contribution < -0.4 is 10.6 Å². The van der Waals surface area contributed by atoms with E-state index in [4.69, 9.17) is 4.99 Å². The van der Waals surface area contributed by atoms with Crippen LogP contribution in [0.15, 0.2) is 29.3 Å². The van der Waals surface area contributed by atoms with Gasteiger partial charge in [-0.2, -0.15) is 0 Å². The fourth-order valence-corrected chi connectivity index (χ4v) is 4.28. The van der Waals surface area contributed by atoms with Crippen LogP contribution in [0.4, 0.5) is 0 Å². The van der Waals surface area contributed by atoms with Gasteiger partial charge in [-0.05, 0) is 50.3 Å². The first kappa shape index (κ1) is 22.6. The van der Waals surface area contributed by atoms with E-state index in [2.05, 4.69) is 53.6 Å². The van der Waals surface area contributed by atoms with Crippen molar-refractivity contribution in [2.24, 2.45) is 4.99 Å². The van der Waals surface area contributed by atoms with Crippen LogP contribution in [0.3, 0.4) is 0 Å². The number of hydrogen-bond acceptors (Lipinski definition) is 3. The van der Waals surface area contributed by atoms with E-state index in [-0.39, 0.29) is 5.91 Å². The zero-order valence-electron chi connectivity index (χ0n) is 18.8. The quantitative estimate of drug-likeness (QED) is 0.482. The lowest BCUT2D eigenvalue weighted by Crippen LogP contribution is -2.48. The largest absolute Gasteiger partial charge is 0.357 e. The molecule has 6 heteroatoms. The molecule has 3 rings (SSSR count). The van der Waals surface area contributed by atoms with Gasteiger partial charge in [0, 0.05) is 45.2 Å². The minimum Gasteiger partial charge on any atom is -0.357 e. The lowest BCUT2D eigenvalue weighted by molar-refractivity contribution is -0.128. The van der Waals surface area contributed by atoms with Crippen LogP contribution in [-0.2, 0) is 17.9 Å². The lowest BCUT2D eigenvalue weighted by atomic mass is 10.0. The van der Waals surface area contributed by atoms with Gasteiger partial charge in [0.15, 0.2) is 5.96 Å². The molecule has 2 fully saturated rings. The van der Waals surface area contributed by atoms with Crippen molar-refractivity contribution in [1.29, 1.82) is 0 Å². The maximum atomic E-state index is 11.9. The minimum atomic E-state index is 0.276. The average Bonchev–Trinajstić information content (AvgIpc) is 3.16. The van der Waals surface area contributed by atoms with Crippen molar-refractivity contribution in [3.63, 3.8) is 0 Å². The van der Waals surface area contributed by atoms with Gasteiger partial charge < -0.3 is 20.4 Å². The van der Waals surface area contributed by atoms with E-state index in [1.165, 1.54) is 56.4 Å². The third-order valence-corrected chi connectivity index (χ3v) is 6.06. The molecule has 0 saturated carbocycles. The number of nitrogens with zero attached hydrogens (tertiary/aromatic N) is 3. The zero-order valence-corrected chi connectivity index (χ0v) is 18.8. The van der Waals surface area contributed by atoms with E-state index in [1.54, 1.807) is 0 Å². The number of guanidine groups is 1. The molecule has 0 atom stereocenters. The summed E-state index contributed by atoms with van der Waals surface area (Å²) in [5.41, 5.74) is 2.38. The Kier molecular flexibility index (Phi) is 9.00. The molecule has 2 N–H and O–H groups in total. The summed E-state index contributed by atoms with van der Waals surface area (Å²) in [6, 6.07) is 8.98. The zero-order chi connectivity index (χ0) is 21.2. The Morgan fingerprint density at radius 2 is 1.97 bits per heavy atom. The molecule has 30 heavy (non-hydrogen) atoms. The molecule has 0 bridgehead atoms. The molecular weight excluding hydrogens is 374 g/mol. The third kappa shape index (κ3) is 7.01. The van der Waals surface area contributed by atoms with E-state index in [0.717, 1.165) is 25.5 Å². The molecule has 2 aliphatic rings. The molecule has 0 radical (unpaired) electrons. The van der Waals surface area contributed by atoms with Crippen molar-refractivity contribution < 1.29 is 4.79 Å². The number of hydrogen-bond donors (Lipinski definition) is 2. The molecule has 2 aliphatic heterocycles. The number of nitrogens with one attached hydrogen (secondary N) is 2. The number of carbonyl (C=O) groups is 1. The number of benzene rings is 1. The summed E-state index contributed by atoms with van der Waals surface area (Å²) in [5, 5.41) is 7.04. The van der Waals surface area contributed by atoms with Gasteiger partial charge in [-0.15, -0.1) is 0 Å². The Hall–Kier alpha value is -2.08. The summed E-state index contributed by atoms with van der Waals surface area (Å²) in [4.78, 5) is 21.3. The third-order valence-electron chi connectivity index (χ3n) is 6.06. The van der Waals surface area contributed by atoms with Crippen LogP contribution in [0.2, 0.25) is 0 Å². The maximum Gasteiger partial charge on any atom is 0.222 e. The number of carbonyl (C=O) groups excluding carboxylic acids is 1. The highest BCUT2D eigenvalue weighted by Crippen LogP contribution is 2.16. The van der Waals surface area contributed by atoms with Crippen LogP contribution in [0.1, 0.15) is 63.5 Å². The molecule has 2 heterocycles. The molecule has 0 aliphatic carbocycles. The van der Waals surface area contributed by atoms with Crippen molar-refractivity contribution in [1.82, 2.24) is 20.4 Å². The van der Waals surface area contributed by atoms with Gasteiger partial charge in [0.2, 0.25) is 5.91 Å². The predicted molar refractivity (Wildman–Crippen MR) is 123 cm³/mol. The Balaban J connectivity index is 1.52. The lowest BCUT2D eigenvalue weighted by Gasteiger charge is -2.33. The molecular formula is C24H39N5O. The predicted octanol–water partition coefficient (Wildman–Crippen LogP) is 3.13. The minimum absolute atomic E-state index is 0.276. The van der Waals surface area contributed by atoms with E-state index < -0.39 is 0 Å². The average molecular weight is 414 g/mol. The summed E-state index contributed by atoms with van der Waals surface area (Å²) in [5.74, 6) is 1.18. The number of unbranched alkanes of at least 4 members (excludes halogenated alkanes) is 1. The highest BCUT2D eigenvalue weighted by Gasteiger charge is 2.20. The Morgan fingerprint density at radius 3 is 2.67 bits per heavy atom. The van der Waals surface area contributed by atoms with E-state index in [0.29, 0.717) is 25.6 Å². The first-order valence-corrected chi connectivity index (χ1v) is 11.8. The van der Waals surface area contributed by atoms with Crippen molar-refractivity contribution in [2.45, 2.75) is 71.5 Å². The molecule has 1 aromatic carbocycles. The molecule has 1 amide bonds. The second-order valence-electron chi connectivity index (χ2n) is 8.55. The number of rotatable bonds is 9. The van der Waals surface area contributed by atoms with Crippen LogP contribution in [0, 0.1) is 0 Å². The molecule has 6 nitrogen and oxygen atoms in total. The van der Waals surface area contributed by atoms with Crippen LogP contribution in [-0.4, -0.2) is 60.4 Å². The second-order valence-corrected chi connectivity index (χ2v) is 8.55. The number of piperidine rings is 1. The number of likely N-dealkylation sites (tertiary alicyclic amines) is 2. The van der Waals surface area contributed by atoms with E-state index in [1.807, 2.05) is 4.90 Å². The molecule has 2 saturated heterocycles. The molecule has 166 valence electrons. The molecule has 1 aromatic rings. The van der Waals surface area contributed by atoms with Gasteiger partial charge in [0.05, 0.1) is 6.54 Å². The number of aliphatic imine (C=N–C) groups is 1. The highest BCUT2D eigenvalue weighted by atomic mass is 16.2. The first-order valence-electron chi connectivity index (χ1n) is 11.8.